The van der Waals surface area contributed by atoms with Gasteiger partial charge in [-0.3, -0.25) is 79.4 Å². The number of ketones is 1. The van der Waals surface area contributed by atoms with Crippen LogP contribution in [-0.4, -0.2) is 164 Å². The number of nitrogens with one attached hydrogen (secondary N) is 11. The molecular weight excluding hydrogens is 1800 g/mol. The number of carbonyl (C=O) groups excluding carboxylic acids is 4. The summed E-state index contributed by atoms with van der Waals surface area (Å²) in [6, 6.07) is 64.8. The van der Waals surface area contributed by atoms with Crippen molar-refractivity contribution in [2.75, 3.05) is 16.0 Å². The third kappa shape index (κ3) is 19.2. The third-order valence-corrected chi connectivity index (χ3v) is 23.8. The number of carbonyl (C=O) groups is 4. The molecule has 20 heterocycles. The van der Waals surface area contributed by atoms with E-state index in [2.05, 4.69) is 136 Å². The molecular formula is C108H87N31O4. The lowest BCUT2D eigenvalue weighted by Crippen LogP contribution is -2.17. The molecule has 0 atom stereocenters. The van der Waals surface area contributed by atoms with E-state index in [0.29, 0.717) is 88.6 Å². The molecule has 0 spiro atoms. The highest BCUT2D eigenvalue weighted by Crippen LogP contribution is 2.40. The van der Waals surface area contributed by atoms with Crippen molar-refractivity contribution in [3.63, 3.8) is 0 Å². The van der Waals surface area contributed by atoms with Gasteiger partial charge in [-0.25, -0.2) is 39.9 Å². The Morgan fingerprint density at radius 1 is 0.308 bits per heavy atom. The molecule has 0 aliphatic heterocycles. The second kappa shape index (κ2) is 39.7. The number of amides is 3. The zero-order valence-electron chi connectivity index (χ0n) is 77.8. The lowest BCUT2D eigenvalue weighted by molar-refractivity contribution is -0.119. The number of rotatable bonds is 22. The van der Waals surface area contributed by atoms with Crippen LogP contribution in [0.1, 0.15) is 66.5 Å². The van der Waals surface area contributed by atoms with E-state index in [9.17, 15) is 19.2 Å². The lowest BCUT2D eigenvalue weighted by atomic mass is 10.1. The van der Waals surface area contributed by atoms with Crippen molar-refractivity contribution in [3.8, 4) is 136 Å². The average Bonchev–Trinajstić information content (AvgIpc) is 1.63. The number of aromatic nitrogens is 28. The van der Waals surface area contributed by atoms with Crippen molar-refractivity contribution in [2.45, 2.75) is 67.2 Å². The van der Waals surface area contributed by atoms with Crippen LogP contribution >= 0.6 is 0 Å². The summed E-state index contributed by atoms with van der Waals surface area (Å²) in [5, 5.41) is 41.8. The van der Waals surface area contributed by atoms with Gasteiger partial charge in [0.05, 0.1) is 124 Å². The number of Topliss-reactive ketones (excluding diaryl/α,β-unsaturated/α-hetero) is 1. The number of benzene rings is 4. The molecule has 4 aromatic carbocycles. The summed E-state index contributed by atoms with van der Waals surface area (Å²) in [5.74, 6) is 2.83. The maximum Gasteiger partial charge on any atom is 0.226 e. The van der Waals surface area contributed by atoms with Gasteiger partial charge in [-0.2, -0.15) is 20.4 Å². The zero-order chi connectivity index (χ0) is 97.6. The Morgan fingerprint density at radius 2 is 0.629 bits per heavy atom. The standard InChI is InChI=1S/C28H24N8O.C27H22N8O.C27H21N7O.C26H20N8O/c1-16(2)10-24(37)32-19-11-17(13-29-15-19)18-12-21-26(35-36-27(21)31-14-18)28-33-23-8-5-6-20(25(23)34-28)22-7-3-4-9-30-22;1-15(2)27(36)31-18-10-16(12-28-14-18)17-11-20-24(34-35-25(20)30-13-17)26-32-22-8-5-6-19(23(22)33-26)21-7-3-4-9-29-21;1-2-19(35)13-18-10-9-16(14-29-18)17-12-21-25(33-34-26(21)30-15-17)27-31-23-8-5-6-20(24(23)32-27)22-7-3-4-11-28-22;1-2-22(35)30-17-10-15(12-27-14-17)16-11-19-24(33-34-25(19)29-13-16)26-31-21-8-5-6-18(23(21)32-26)20-7-3-4-9-28-20/h3-9,11-16H,10H2,1-2H3,(H,32,37)(H,33,34)(H,31,35,36);3-15H,1-2H3,(H,31,36)(H,32,33)(H,30,34,35);3-12,14-15H,2,13H2,1H3,(H,31,32)(H,30,33,34);3-14H,2H2,1H3,(H,30,35)(H,31,32)(H,29,33,34). The van der Waals surface area contributed by atoms with E-state index in [0.717, 1.165) is 184 Å². The normalized spacial score (nSPS) is 11.4. The molecule has 24 rings (SSSR count). The number of hydrogen-bond acceptors (Lipinski definition) is 24. The predicted octanol–water partition coefficient (Wildman–Crippen LogP) is 21.0. The van der Waals surface area contributed by atoms with Crippen molar-refractivity contribution >= 4 is 129 Å². The van der Waals surface area contributed by atoms with Gasteiger partial charge in [0, 0.05) is 178 Å². The fourth-order valence-electron chi connectivity index (χ4n) is 16.6. The van der Waals surface area contributed by atoms with E-state index < -0.39 is 0 Å². The quantitative estimate of drug-likeness (QED) is 0.0300. The minimum atomic E-state index is -0.123. The van der Waals surface area contributed by atoms with E-state index in [4.69, 9.17) is 19.9 Å². The summed E-state index contributed by atoms with van der Waals surface area (Å²) < 4.78 is 0. The van der Waals surface area contributed by atoms with E-state index in [1.54, 1.807) is 93.0 Å². The highest BCUT2D eigenvalue weighted by Gasteiger charge is 2.25. The number of imidazole rings is 4. The Hall–Kier alpha value is -19.5. The molecule has 0 aliphatic carbocycles. The van der Waals surface area contributed by atoms with Gasteiger partial charge in [-0.1, -0.05) is 120 Å². The number of para-hydroxylation sites is 4. The van der Waals surface area contributed by atoms with Crippen molar-refractivity contribution in [2.24, 2.45) is 11.8 Å². The van der Waals surface area contributed by atoms with Gasteiger partial charge >= 0.3 is 0 Å². The molecule has 0 bridgehead atoms. The first-order valence-electron chi connectivity index (χ1n) is 46.2. The molecule has 143 heavy (non-hydrogen) atoms. The Morgan fingerprint density at radius 3 is 0.930 bits per heavy atom. The van der Waals surface area contributed by atoms with E-state index in [1.807, 2.05) is 242 Å². The SMILES string of the molecule is CC(C)C(=O)Nc1cncc(-c2cnc3n[nH]c(-c4nc5c(-c6ccccn6)cccc5[nH]4)c3c2)c1.CC(C)CC(=O)Nc1cncc(-c2cnc3n[nH]c(-c4nc5c(-c6ccccn6)cccc5[nH]4)c3c2)c1.CCC(=O)Cc1ccc(-c2cnc3n[nH]c(-c4nc5c(-c6ccccn6)cccc5[nH]4)c3c2)cn1.CCC(=O)Nc1cncc(-c2cnc3n[nH]c(-c4nc5c(-c6ccccn6)cccc5[nH]4)c3c2)c1. The van der Waals surface area contributed by atoms with Crippen LogP contribution in [0, 0.1) is 11.8 Å². The molecule has 0 aliphatic rings. The number of aromatic amines is 8. The molecule has 0 saturated heterocycles. The topological polar surface area (TPSA) is 488 Å². The first-order valence-corrected chi connectivity index (χ1v) is 46.2. The summed E-state index contributed by atoms with van der Waals surface area (Å²) in [4.78, 5) is 134. The van der Waals surface area contributed by atoms with E-state index in [1.165, 1.54) is 0 Å². The zero-order valence-corrected chi connectivity index (χ0v) is 77.8. The number of H-pyrrole nitrogens is 8. The third-order valence-electron chi connectivity index (χ3n) is 23.8. The Kier molecular flexibility index (Phi) is 25.0. The van der Waals surface area contributed by atoms with E-state index in [-0.39, 0.29) is 35.3 Å². The van der Waals surface area contributed by atoms with Gasteiger partial charge in [-0.05, 0) is 127 Å². The van der Waals surface area contributed by atoms with Crippen molar-refractivity contribution in [3.05, 3.63) is 299 Å². The van der Waals surface area contributed by atoms with Crippen molar-refractivity contribution in [1.29, 1.82) is 0 Å². The van der Waals surface area contributed by atoms with Crippen LogP contribution in [0.4, 0.5) is 17.1 Å². The van der Waals surface area contributed by atoms with E-state index >= 15 is 0 Å². The molecule has 24 aromatic rings. The maximum atomic E-state index is 12.2. The van der Waals surface area contributed by atoms with Gasteiger partial charge < -0.3 is 35.9 Å². The summed E-state index contributed by atoms with van der Waals surface area (Å²) in [6.07, 6.45) is 27.7. The number of pyridine rings is 12. The number of nitrogens with zero attached hydrogens (tertiary/aromatic N) is 20. The number of fused-ring (bicyclic) bond motifs is 8. The first-order chi connectivity index (χ1) is 70.0. The minimum Gasteiger partial charge on any atom is -0.337 e. The molecule has 20 aromatic heterocycles. The molecule has 3 amide bonds. The van der Waals surface area contributed by atoms with Crippen molar-refractivity contribution < 1.29 is 19.2 Å². The van der Waals surface area contributed by atoms with Crippen LogP contribution < -0.4 is 16.0 Å². The molecule has 0 saturated carbocycles. The Labute approximate surface area is 813 Å². The van der Waals surface area contributed by atoms with Crippen LogP contribution in [0.15, 0.2) is 293 Å². The second-order valence-electron chi connectivity index (χ2n) is 34.5. The molecule has 0 radical (unpaired) electrons. The highest BCUT2D eigenvalue weighted by molar-refractivity contribution is 6.03. The maximum absolute atomic E-state index is 12.2. The number of hydrogen-bond donors (Lipinski definition) is 11. The van der Waals surface area contributed by atoms with Crippen LogP contribution in [0.5, 0.6) is 0 Å². The van der Waals surface area contributed by atoms with Gasteiger partial charge in [-0.15, -0.1) is 0 Å². The van der Waals surface area contributed by atoms with Gasteiger partial charge in [0.1, 0.15) is 28.6 Å². The first kappa shape index (κ1) is 90.0. The molecule has 35 nitrogen and oxygen atoms in total. The smallest absolute Gasteiger partial charge is 0.226 e. The largest absolute Gasteiger partial charge is 0.337 e. The van der Waals surface area contributed by atoms with Crippen LogP contribution in [0.3, 0.4) is 0 Å². The second-order valence-corrected chi connectivity index (χ2v) is 34.5. The van der Waals surface area contributed by atoms with Crippen LogP contribution in [0.25, 0.3) is 224 Å². The summed E-state index contributed by atoms with van der Waals surface area (Å²) in [5.41, 5.74) is 29.1. The molecule has 0 unspecified atom stereocenters. The van der Waals surface area contributed by atoms with Gasteiger partial charge in [0.15, 0.2) is 45.9 Å². The molecule has 11 N–H and O–H groups in total. The number of anilines is 3. The van der Waals surface area contributed by atoms with Crippen LogP contribution in [0.2, 0.25) is 0 Å². The summed E-state index contributed by atoms with van der Waals surface area (Å²) >= 11 is 0. The summed E-state index contributed by atoms with van der Waals surface area (Å²) in [7, 11) is 0. The molecule has 698 valence electrons. The Bertz CT molecular complexity index is 8850. The lowest BCUT2D eigenvalue weighted by Gasteiger charge is -2.09. The van der Waals surface area contributed by atoms with Gasteiger partial charge in [0.2, 0.25) is 17.7 Å². The summed E-state index contributed by atoms with van der Waals surface area (Å²) in [6.45, 7) is 11.4. The average molecular weight is 1880 g/mol. The highest BCUT2D eigenvalue weighted by atomic mass is 16.2. The predicted molar refractivity (Wildman–Crippen MR) is 551 cm³/mol. The molecule has 0 fully saturated rings. The van der Waals surface area contributed by atoms with Crippen molar-refractivity contribution in [1.82, 2.24) is 140 Å². The fraction of sp³-hybridized carbons (Fsp3) is 0.111. The minimum absolute atomic E-state index is 0.0328. The fourth-order valence-corrected chi connectivity index (χ4v) is 16.6. The van der Waals surface area contributed by atoms with Crippen LogP contribution in [-0.2, 0) is 25.6 Å². The van der Waals surface area contributed by atoms with Gasteiger partial charge in [0.25, 0.3) is 0 Å². The monoisotopic (exact) mass is 1880 g/mol. The Balaban J connectivity index is 0.000000113. The molecule has 35 heteroatoms.